The zero-order valence-electron chi connectivity index (χ0n) is 14.2. The van der Waals surface area contributed by atoms with Crippen molar-refractivity contribution in [3.8, 4) is 0 Å². The molecule has 5 aliphatic rings. The first-order chi connectivity index (χ1) is 11.6. The minimum Gasteiger partial charge on any atom is -0.274 e. The average Bonchev–Trinajstić information content (AvgIpc) is 2.79. The molecule has 24 heavy (non-hydrogen) atoms. The van der Waals surface area contributed by atoms with E-state index >= 15 is 0 Å². The maximum atomic E-state index is 12.5. The Bertz CT molecular complexity index is 637. The predicted molar refractivity (Wildman–Crippen MR) is 91.6 cm³/mol. The summed E-state index contributed by atoms with van der Waals surface area (Å²) in [5, 5.41) is 0. The van der Waals surface area contributed by atoms with E-state index < -0.39 is 0 Å². The van der Waals surface area contributed by atoms with Crippen LogP contribution in [0.3, 0.4) is 0 Å². The lowest BCUT2D eigenvalue weighted by molar-refractivity contribution is -0.0586. The number of carbonyl (C=O) groups is 2. The largest absolute Gasteiger partial charge is 0.274 e. The number of benzene rings is 1. The standard InChI is InChI=1S/C21H25NO2/c23-19-17-4-1-2-5-18(17)20(24)22(19)7-3-6-21-11-14-8-15(12-21)10-16(9-14)13-21/h1-2,4-5,14-16H,3,6-13H2. The summed E-state index contributed by atoms with van der Waals surface area (Å²) in [7, 11) is 0. The number of hydrogen-bond acceptors (Lipinski definition) is 2. The fourth-order valence-corrected chi connectivity index (χ4v) is 6.65. The van der Waals surface area contributed by atoms with E-state index in [9.17, 15) is 9.59 Å². The Kier molecular flexibility index (Phi) is 3.17. The van der Waals surface area contributed by atoms with Gasteiger partial charge in [-0.3, -0.25) is 14.5 Å². The van der Waals surface area contributed by atoms with Crippen LogP contribution in [0.25, 0.3) is 0 Å². The number of amides is 2. The van der Waals surface area contributed by atoms with Crippen LogP contribution < -0.4 is 0 Å². The first-order valence-corrected chi connectivity index (χ1v) is 9.59. The summed E-state index contributed by atoms with van der Waals surface area (Å²) in [6.45, 7) is 0.591. The van der Waals surface area contributed by atoms with Crippen molar-refractivity contribution in [1.82, 2.24) is 4.90 Å². The van der Waals surface area contributed by atoms with Gasteiger partial charge in [0.15, 0.2) is 0 Å². The monoisotopic (exact) mass is 323 g/mol. The second kappa shape index (κ2) is 5.18. The zero-order valence-corrected chi connectivity index (χ0v) is 14.2. The van der Waals surface area contributed by atoms with E-state index in [-0.39, 0.29) is 11.8 Å². The van der Waals surface area contributed by atoms with Gasteiger partial charge in [0.2, 0.25) is 0 Å². The van der Waals surface area contributed by atoms with Gasteiger partial charge in [-0.15, -0.1) is 0 Å². The van der Waals surface area contributed by atoms with Crippen LogP contribution in [-0.2, 0) is 0 Å². The summed E-state index contributed by atoms with van der Waals surface area (Å²) in [6, 6.07) is 7.22. The SMILES string of the molecule is O=C1c2ccccc2C(=O)N1CCCC12CC3CC(CC(C3)C1)C2. The van der Waals surface area contributed by atoms with E-state index in [4.69, 9.17) is 0 Å². The third-order valence-corrected chi connectivity index (χ3v) is 7.13. The van der Waals surface area contributed by atoms with Gasteiger partial charge in [-0.05, 0) is 86.7 Å². The van der Waals surface area contributed by atoms with Gasteiger partial charge in [-0.2, -0.15) is 0 Å². The Morgan fingerprint density at radius 1 is 0.875 bits per heavy atom. The van der Waals surface area contributed by atoms with E-state index in [1.54, 1.807) is 12.1 Å². The molecule has 0 saturated heterocycles. The molecule has 4 aliphatic carbocycles. The molecule has 4 fully saturated rings. The molecule has 1 heterocycles. The van der Waals surface area contributed by atoms with Crippen LogP contribution in [0.1, 0.15) is 72.1 Å². The lowest BCUT2D eigenvalue weighted by Crippen LogP contribution is -2.46. The molecule has 1 aromatic carbocycles. The normalized spacial score (nSPS) is 36.5. The summed E-state index contributed by atoms with van der Waals surface area (Å²) in [5.41, 5.74) is 1.70. The maximum absolute atomic E-state index is 12.5. The molecule has 1 aromatic rings. The second-order valence-electron chi connectivity index (χ2n) is 8.83. The van der Waals surface area contributed by atoms with Crippen molar-refractivity contribution in [3.63, 3.8) is 0 Å². The molecule has 0 atom stereocenters. The van der Waals surface area contributed by atoms with Crippen molar-refractivity contribution >= 4 is 11.8 Å². The Balaban J connectivity index is 1.25. The molecule has 0 spiro atoms. The van der Waals surface area contributed by atoms with E-state index in [2.05, 4.69) is 0 Å². The summed E-state index contributed by atoms with van der Waals surface area (Å²) in [5.74, 6) is 2.71. The molecule has 4 bridgehead atoms. The fraction of sp³-hybridized carbons (Fsp3) is 0.619. The fourth-order valence-electron chi connectivity index (χ4n) is 6.65. The molecule has 0 aromatic heterocycles. The smallest absolute Gasteiger partial charge is 0.261 e. The minimum atomic E-state index is -0.0962. The Morgan fingerprint density at radius 3 is 1.88 bits per heavy atom. The quantitative estimate of drug-likeness (QED) is 0.776. The molecular formula is C21H25NO2. The van der Waals surface area contributed by atoms with Crippen molar-refractivity contribution in [2.24, 2.45) is 23.2 Å². The number of hydrogen-bond donors (Lipinski definition) is 0. The van der Waals surface area contributed by atoms with Crippen molar-refractivity contribution in [3.05, 3.63) is 35.4 Å². The molecule has 3 nitrogen and oxygen atoms in total. The third kappa shape index (κ3) is 2.17. The van der Waals surface area contributed by atoms with Gasteiger partial charge in [0.1, 0.15) is 0 Å². The van der Waals surface area contributed by atoms with Gasteiger partial charge < -0.3 is 0 Å². The highest BCUT2D eigenvalue weighted by molar-refractivity contribution is 6.21. The number of imide groups is 1. The van der Waals surface area contributed by atoms with Crippen molar-refractivity contribution in [2.75, 3.05) is 6.54 Å². The number of carbonyl (C=O) groups excluding carboxylic acids is 2. The number of nitrogens with zero attached hydrogens (tertiary/aromatic N) is 1. The van der Waals surface area contributed by atoms with E-state index in [0.29, 0.717) is 23.1 Å². The Morgan fingerprint density at radius 2 is 1.38 bits per heavy atom. The van der Waals surface area contributed by atoms with Crippen LogP contribution in [0, 0.1) is 23.2 Å². The van der Waals surface area contributed by atoms with Gasteiger partial charge in [0, 0.05) is 6.54 Å². The van der Waals surface area contributed by atoms with Gasteiger partial charge in [-0.1, -0.05) is 12.1 Å². The molecule has 6 rings (SSSR count). The first-order valence-electron chi connectivity index (χ1n) is 9.59. The molecule has 0 N–H and O–H groups in total. The lowest BCUT2D eigenvalue weighted by atomic mass is 9.48. The first kappa shape index (κ1) is 14.7. The van der Waals surface area contributed by atoms with Crippen LogP contribution in [-0.4, -0.2) is 23.3 Å². The summed E-state index contributed by atoms with van der Waals surface area (Å²) in [4.78, 5) is 26.4. The summed E-state index contributed by atoms with van der Waals surface area (Å²) < 4.78 is 0. The van der Waals surface area contributed by atoms with E-state index in [0.717, 1.165) is 24.2 Å². The minimum absolute atomic E-state index is 0.0962. The molecule has 0 radical (unpaired) electrons. The highest BCUT2D eigenvalue weighted by Gasteiger charge is 2.50. The van der Waals surface area contributed by atoms with Crippen molar-refractivity contribution < 1.29 is 9.59 Å². The Hall–Kier alpha value is -1.64. The highest BCUT2D eigenvalue weighted by Crippen LogP contribution is 2.61. The molecule has 4 saturated carbocycles. The van der Waals surface area contributed by atoms with E-state index in [1.165, 1.54) is 49.8 Å². The van der Waals surface area contributed by atoms with Crippen molar-refractivity contribution in [1.29, 1.82) is 0 Å². The number of fused-ring (bicyclic) bond motifs is 1. The zero-order chi connectivity index (χ0) is 16.3. The van der Waals surface area contributed by atoms with Gasteiger partial charge in [0.05, 0.1) is 11.1 Å². The van der Waals surface area contributed by atoms with Gasteiger partial charge >= 0.3 is 0 Å². The van der Waals surface area contributed by atoms with Gasteiger partial charge in [0.25, 0.3) is 11.8 Å². The van der Waals surface area contributed by atoms with Crippen molar-refractivity contribution in [2.45, 2.75) is 51.4 Å². The second-order valence-corrected chi connectivity index (χ2v) is 8.83. The molecule has 0 unspecified atom stereocenters. The number of rotatable bonds is 4. The summed E-state index contributed by atoms with van der Waals surface area (Å²) in [6.07, 6.45) is 10.8. The molecule has 3 heteroatoms. The van der Waals surface area contributed by atoms with Crippen LogP contribution in [0.5, 0.6) is 0 Å². The average molecular weight is 323 g/mol. The lowest BCUT2D eigenvalue weighted by Gasteiger charge is -2.57. The third-order valence-electron chi connectivity index (χ3n) is 7.13. The molecule has 126 valence electrons. The van der Waals surface area contributed by atoms with Crippen LogP contribution >= 0.6 is 0 Å². The molecule has 2 amide bonds. The topological polar surface area (TPSA) is 37.4 Å². The highest BCUT2D eigenvalue weighted by atomic mass is 16.2. The maximum Gasteiger partial charge on any atom is 0.261 e. The predicted octanol–water partition coefficient (Wildman–Crippen LogP) is 4.28. The molecule has 1 aliphatic heterocycles. The Labute approximate surface area is 143 Å². The van der Waals surface area contributed by atoms with Crippen LogP contribution in [0.2, 0.25) is 0 Å². The van der Waals surface area contributed by atoms with E-state index in [1.807, 2.05) is 12.1 Å². The summed E-state index contributed by atoms with van der Waals surface area (Å²) >= 11 is 0. The van der Waals surface area contributed by atoms with Gasteiger partial charge in [-0.25, -0.2) is 0 Å². The molecular weight excluding hydrogens is 298 g/mol. The van der Waals surface area contributed by atoms with Crippen LogP contribution in [0.4, 0.5) is 0 Å². The van der Waals surface area contributed by atoms with Crippen LogP contribution in [0.15, 0.2) is 24.3 Å².